The summed E-state index contributed by atoms with van der Waals surface area (Å²) in [7, 11) is -3.04. The molecule has 0 amide bonds. The van der Waals surface area contributed by atoms with Crippen molar-refractivity contribution in [2.24, 2.45) is 5.92 Å². The van der Waals surface area contributed by atoms with Crippen molar-refractivity contribution < 1.29 is 22.7 Å². The summed E-state index contributed by atoms with van der Waals surface area (Å²) >= 11 is 0. The van der Waals surface area contributed by atoms with Crippen molar-refractivity contribution in [1.29, 1.82) is 0 Å². The van der Waals surface area contributed by atoms with Crippen LogP contribution in [0.1, 0.15) is 16.8 Å². The highest BCUT2D eigenvalue weighted by molar-refractivity contribution is 7.91. The number of rotatable bonds is 2. The van der Waals surface area contributed by atoms with Gasteiger partial charge in [-0.2, -0.15) is 0 Å². The van der Waals surface area contributed by atoms with Crippen LogP contribution in [0, 0.1) is 5.92 Å². The number of Topliss-reactive ketones (excluding diaryl/α,β-unsaturated/α-hetero) is 1. The molecule has 2 aliphatic heterocycles. The highest BCUT2D eigenvalue weighted by Crippen LogP contribution is 2.34. The van der Waals surface area contributed by atoms with E-state index in [1.807, 2.05) is 0 Å². The molecule has 0 aromatic heterocycles. The van der Waals surface area contributed by atoms with Crippen molar-refractivity contribution in [2.45, 2.75) is 6.42 Å². The second-order valence-electron chi connectivity index (χ2n) is 4.53. The number of fused-ring (bicyclic) bond motifs is 1. The van der Waals surface area contributed by atoms with Crippen LogP contribution in [-0.2, 0) is 9.84 Å². The lowest BCUT2D eigenvalue weighted by Crippen LogP contribution is -2.16. The van der Waals surface area contributed by atoms with Gasteiger partial charge in [0, 0.05) is 11.5 Å². The van der Waals surface area contributed by atoms with Gasteiger partial charge in [0.05, 0.1) is 11.5 Å². The monoisotopic (exact) mass is 268 g/mol. The molecule has 18 heavy (non-hydrogen) atoms. The number of sulfone groups is 1. The Morgan fingerprint density at radius 3 is 2.72 bits per heavy atom. The molecule has 0 saturated carbocycles. The zero-order valence-electron chi connectivity index (χ0n) is 9.59. The van der Waals surface area contributed by atoms with E-state index in [9.17, 15) is 13.2 Å². The molecular formula is C12H12O5S. The molecule has 2 heterocycles. The van der Waals surface area contributed by atoms with Gasteiger partial charge in [-0.3, -0.25) is 4.79 Å². The number of carbonyl (C=O) groups excluding carboxylic acids is 1. The molecule has 0 radical (unpaired) electrons. The fraction of sp³-hybridized carbons (Fsp3) is 0.417. The number of benzene rings is 1. The van der Waals surface area contributed by atoms with Gasteiger partial charge in [0.2, 0.25) is 6.79 Å². The Balaban J connectivity index is 1.85. The largest absolute Gasteiger partial charge is 0.454 e. The third-order valence-electron chi connectivity index (χ3n) is 3.26. The van der Waals surface area contributed by atoms with Crippen LogP contribution >= 0.6 is 0 Å². The van der Waals surface area contributed by atoms with E-state index >= 15 is 0 Å². The van der Waals surface area contributed by atoms with Gasteiger partial charge in [0.15, 0.2) is 27.1 Å². The summed E-state index contributed by atoms with van der Waals surface area (Å²) in [6, 6.07) is 4.95. The van der Waals surface area contributed by atoms with E-state index in [4.69, 9.17) is 9.47 Å². The predicted octanol–water partition coefficient (Wildman–Crippen LogP) is 1.03. The molecule has 1 aromatic carbocycles. The lowest BCUT2D eigenvalue weighted by molar-refractivity contribution is 0.0933. The summed E-state index contributed by atoms with van der Waals surface area (Å²) in [6.45, 7) is 0.158. The molecule has 1 aromatic rings. The summed E-state index contributed by atoms with van der Waals surface area (Å²) < 4.78 is 33.1. The second-order valence-corrected chi connectivity index (χ2v) is 6.76. The number of hydrogen-bond donors (Lipinski definition) is 0. The van der Waals surface area contributed by atoms with Gasteiger partial charge in [-0.1, -0.05) is 0 Å². The van der Waals surface area contributed by atoms with Gasteiger partial charge in [-0.05, 0) is 24.6 Å². The van der Waals surface area contributed by atoms with E-state index < -0.39 is 15.8 Å². The van der Waals surface area contributed by atoms with Gasteiger partial charge in [0.1, 0.15) is 0 Å². The van der Waals surface area contributed by atoms with Crippen LogP contribution in [0.15, 0.2) is 18.2 Å². The first-order valence-corrected chi connectivity index (χ1v) is 7.51. The first kappa shape index (κ1) is 11.5. The Morgan fingerprint density at radius 2 is 2.00 bits per heavy atom. The number of ketones is 1. The molecule has 0 spiro atoms. The van der Waals surface area contributed by atoms with Crippen LogP contribution < -0.4 is 9.47 Å². The van der Waals surface area contributed by atoms with Crippen molar-refractivity contribution in [3.63, 3.8) is 0 Å². The van der Waals surface area contributed by atoms with Crippen LogP contribution in [0.3, 0.4) is 0 Å². The Kier molecular flexibility index (Phi) is 2.55. The summed E-state index contributed by atoms with van der Waals surface area (Å²) in [5, 5.41) is 0. The van der Waals surface area contributed by atoms with Gasteiger partial charge >= 0.3 is 0 Å². The molecular weight excluding hydrogens is 256 g/mol. The molecule has 1 atom stereocenters. The van der Waals surface area contributed by atoms with Crippen LogP contribution in [-0.4, -0.2) is 32.5 Å². The van der Waals surface area contributed by atoms with Crippen molar-refractivity contribution in [3.05, 3.63) is 23.8 Å². The Bertz CT molecular complexity index is 605. The smallest absolute Gasteiger partial charge is 0.231 e. The Hall–Kier alpha value is -1.56. The SMILES string of the molecule is O=C(c1ccc2c(c1)OCO2)C1CCS(=O)(=O)C1. The number of ether oxygens (including phenoxy) is 2. The summed E-state index contributed by atoms with van der Waals surface area (Å²) in [5.41, 5.74) is 0.487. The van der Waals surface area contributed by atoms with Crippen LogP contribution in [0.4, 0.5) is 0 Å². The maximum absolute atomic E-state index is 12.2. The molecule has 0 N–H and O–H groups in total. The predicted molar refractivity (Wildman–Crippen MR) is 63.7 cm³/mol. The molecule has 1 fully saturated rings. The average molecular weight is 268 g/mol. The van der Waals surface area contributed by atoms with Crippen LogP contribution in [0.2, 0.25) is 0 Å². The highest BCUT2D eigenvalue weighted by Gasteiger charge is 2.33. The molecule has 5 nitrogen and oxygen atoms in total. The van der Waals surface area contributed by atoms with Gasteiger partial charge in [0.25, 0.3) is 0 Å². The van der Waals surface area contributed by atoms with Crippen molar-refractivity contribution in [3.8, 4) is 11.5 Å². The van der Waals surface area contributed by atoms with Crippen LogP contribution in [0.5, 0.6) is 11.5 Å². The van der Waals surface area contributed by atoms with E-state index in [-0.39, 0.29) is 24.1 Å². The first-order chi connectivity index (χ1) is 8.55. The highest BCUT2D eigenvalue weighted by atomic mass is 32.2. The third kappa shape index (κ3) is 1.96. The van der Waals surface area contributed by atoms with E-state index in [0.717, 1.165) is 0 Å². The van der Waals surface area contributed by atoms with Crippen LogP contribution in [0.25, 0.3) is 0 Å². The van der Waals surface area contributed by atoms with Crippen molar-refractivity contribution in [1.82, 2.24) is 0 Å². The molecule has 6 heteroatoms. The zero-order chi connectivity index (χ0) is 12.8. The van der Waals surface area contributed by atoms with Gasteiger partial charge < -0.3 is 9.47 Å². The molecule has 3 rings (SSSR count). The maximum Gasteiger partial charge on any atom is 0.231 e. The summed E-state index contributed by atoms with van der Waals surface area (Å²) in [4.78, 5) is 12.2. The standard InChI is InChI=1S/C12H12O5S/c13-12(9-3-4-18(14,15)6-9)8-1-2-10-11(5-8)17-7-16-10/h1-2,5,9H,3-4,6-7H2. The number of carbonyl (C=O) groups is 1. The molecule has 0 aliphatic carbocycles. The van der Waals surface area contributed by atoms with E-state index in [0.29, 0.717) is 23.5 Å². The topological polar surface area (TPSA) is 69.7 Å². The fourth-order valence-electron chi connectivity index (χ4n) is 2.29. The minimum atomic E-state index is -3.04. The second kappa shape index (κ2) is 3.98. The molecule has 0 bridgehead atoms. The fourth-order valence-corrected chi connectivity index (χ4v) is 4.03. The quantitative estimate of drug-likeness (QED) is 0.749. The van der Waals surface area contributed by atoms with E-state index in [1.165, 1.54) is 0 Å². The zero-order valence-corrected chi connectivity index (χ0v) is 10.4. The Morgan fingerprint density at radius 1 is 1.22 bits per heavy atom. The minimum Gasteiger partial charge on any atom is -0.454 e. The molecule has 1 saturated heterocycles. The average Bonchev–Trinajstić information content (AvgIpc) is 2.93. The molecule has 1 unspecified atom stereocenters. The summed E-state index contributed by atoms with van der Waals surface area (Å²) in [5.74, 6) is 0.672. The van der Waals surface area contributed by atoms with Gasteiger partial charge in [-0.15, -0.1) is 0 Å². The summed E-state index contributed by atoms with van der Waals surface area (Å²) in [6.07, 6.45) is 0.412. The lowest BCUT2D eigenvalue weighted by Gasteiger charge is -2.07. The van der Waals surface area contributed by atoms with Gasteiger partial charge in [-0.25, -0.2) is 8.42 Å². The number of hydrogen-bond acceptors (Lipinski definition) is 5. The maximum atomic E-state index is 12.2. The van der Waals surface area contributed by atoms with E-state index in [2.05, 4.69) is 0 Å². The third-order valence-corrected chi connectivity index (χ3v) is 5.03. The van der Waals surface area contributed by atoms with Crippen molar-refractivity contribution >= 4 is 15.6 Å². The molecule has 96 valence electrons. The minimum absolute atomic E-state index is 0.0414. The Labute approximate surface area is 105 Å². The van der Waals surface area contributed by atoms with E-state index in [1.54, 1.807) is 18.2 Å². The lowest BCUT2D eigenvalue weighted by atomic mass is 9.97. The molecule has 2 aliphatic rings. The normalized spacial score (nSPS) is 24.1. The first-order valence-electron chi connectivity index (χ1n) is 5.69. The van der Waals surface area contributed by atoms with Crippen molar-refractivity contribution in [2.75, 3.05) is 18.3 Å².